The van der Waals surface area contributed by atoms with Gasteiger partial charge in [0.05, 0.1) is 11.3 Å². The minimum absolute atomic E-state index is 0.0272. The lowest BCUT2D eigenvalue weighted by molar-refractivity contribution is 0.00694. The van der Waals surface area contributed by atoms with Gasteiger partial charge in [-0.1, -0.05) is 42.5 Å². The number of carbonyl (C=O) groups is 1. The Bertz CT molecular complexity index is 850. The Morgan fingerprint density at radius 1 is 1.00 bits per heavy atom. The van der Waals surface area contributed by atoms with Crippen molar-refractivity contribution in [2.24, 2.45) is 0 Å². The molecule has 1 N–H and O–H groups in total. The Morgan fingerprint density at radius 2 is 1.56 bits per heavy atom. The van der Waals surface area contributed by atoms with E-state index in [1.807, 2.05) is 63.2 Å². The van der Waals surface area contributed by atoms with Crippen LogP contribution < -0.4 is 0 Å². The van der Waals surface area contributed by atoms with E-state index in [9.17, 15) is 13.2 Å². The van der Waals surface area contributed by atoms with E-state index in [2.05, 4.69) is 0 Å². The van der Waals surface area contributed by atoms with Crippen LogP contribution in [-0.4, -0.2) is 30.3 Å². The van der Waals surface area contributed by atoms with Crippen LogP contribution in [0.25, 0.3) is 0 Å². The molecule has 2 rings (SSSR count). The second-order valence-electron chi connectivity index (χ2n) is 7.52. The minimum Gasteiger partial charge on any atom is -0.456 e. The first-order valence-corrected chi connectivity index (χ1v) is 10.5. The van der Waals surface area contributed by atoms with Gasteiger partial charge in [0.15, 0.2) is 0 Å². The third-order valence-electron chi connectivity index (χ3n) is 4.04. The van der Waals surface area contributed by atoms with Crippen molar-refractivity contribution in [1.82, 2.24) is 0 Å². The molecule has 0 radical (unpaired) electrons. The van der Waals surface area contributed by atoms with Crippen molar-refractivity contribution in [2.75, 3.05) is 5.75 Å². The molecular formula is C21H26O5S. The molecule has 0 aliphatic carbocycles. The number of hydrogen-bond acceptors (Lipinski definition) is 4. The molecule has 1 unspecified atom stereocenters. The topological polar surface area (TPSA) is 80.7 Å². The lowest BCUT2D eigenvalue weighted by atomic mass is 9.87. The first-order chi connectivity index (χ1) is 12.6. The second kappa shape index (κ2) is 8.67. The third-order valence-corrected chi connectivity index (χ3v) is 4.85. The highest BCUT2D eigenvalue weighted by atomic mass is 32.2. The van der Waals surface area contributed by atoms with E-state index in [1.165, 1.54) is 0 Å². The number of esters is 1. The maximum Gasteiger partial charge on any atom is 0.338 e. The summed E-state index contributed by atoms with van der Waals surface area (Å²) in [4.78, 5) is 12.2. The number of hydrogen-bond donors (Lipinski definition) is 1. The van der Waals surface area contributed by atoms with E-state index < -0.39 is 15.7 Å². The molecule has 0 amide bonds. The molecule has 0 saturated carbocycles. The standard InChI is InChI=1S/C21H26O5S/c1-21(2,3)26-20(22)18-13-11-17(12-14-18)19(10-7-15-27(23,24)25)16-8-5-4-6-9-16/h4-6,8-9,11-14,19H,7,10,15H2,1-3H3,(H,23,24,25). The fourth-order valence-corrected chi connectivity index (χ4v) is 3.40. The molecule has 0 bridgehead atoms. The Morgan fingerprint density at radius 3 is 2.07 bits per heavy atom. The summed E-state index contributed by atoms with van der Waals surface area (Å²) in [6.07, 6.45) is 0.905. The largest absolute Gasteiger partial charge is 0.456 e. The quantitative estimate of drug-likeness (QED) is 0.558. The molecule has 2 aromatic carbocycles. The highest BCUT2D eigenvalue weighted by Crippen LogP contribution is 2.30. The number of benzene rings is 2. The molecule has 0 heterocycles. The zero-order chi connectivity index (χ0) is 20.1. The molecule has 0 spiro atoms. The monoisotopic (exact) mass is 390 g/mol. The number of ether oxygens (including phenoxy) is 1. The smallest absolute Gasteiger partial charge is 0.338 e. The van der Waals surface area contributed by atoms with Crippen LogP contribution >= 0.6 is 0 Å². The van der Waals surface area contributed by atoms with Gasteiger partial charge < -0.3 is 4.74 Å². The zero-order valence-electron chi connectivity index (χ0n) is 15.9. The highest BCUT2D eigenvalue weighted by molar-refractivity contribution is 7.85. The Hall–Kier alpha value is -2.18. The molecule has 2 aromatic rings. The van der Waals surface area contributed by atoms with Crippen molar-refractivity contribution in [1.29, 1.82) is 0 Å². The van der Waals surface area contributed by atoms with Crippen LogP contribution in [0.1, 0.15) is 61.0 Å². The fourth-order valence-electron chi connectivity index (χ4n) is 2.87. The molecule has 0 saturated heterocycles. The Labute approximate surface area is 161 Å². The van der Waals surface area contributed by atoms with Crippen molar-refractivity contribution < 1.29 is 22.5 Å². The summed E-state index contributed by atoms with van der Waals surface area (Å²) < 4.78 is 36.4. The Kier molecular flexibility index (Phi) is 6.78. The van der Waals surface area contributed by atoms with E-state index in [-0.39, 0.29) is 17.6 Å². The van der Waals surface area contributed by atoms with Gasteiger partial charge >= 0.3 is 5.97 Å². The van der Waals surface area contributed by atoms with Gasteiger partial charge in [-0.15, -0.1) is 0 Å². The summed E-state index contributed by atoms with van der Waals surface area (Å²) in [5.74, 6) is -0.677. The summed E-state index contributed by atoms with van der Waals surface area (Å²) in [5.41, 5.74) is 1.94. The zero-order valence-corrected chi connectivity index (χ0v) is 16.7. The fraction of sp³-hybridized carbons (Fsp3) is 0.381. The molecular weight excluding hydrogens is 364 g/mol. The van der Waals surface area contributed by atoms with Gasteiger partial charge in [-0.2, -0.15) is 8.42 Å². The van der Waals surface area contributed by atoms with Crippen molar-refractivity contribution in [3.8, 4) is 0 Å². The maximum atomic E-state index is 12.2. The van der Waals surface area contributed by atoms with Gasteiger partial charge in [0, 0.05) is 5.92 Å². The lowest BCUT2D eigenvalue weighted by Crippen LogP contribution is -2.23. The SMILES string of the molecule is CC(C)(C)OC(=O)c1ccc(C(CCCS(=O)(=O)O)c2ccccc2)cc1. The average molecular weight is 391 g/mol. The van der Waals surface area contributed by atoms with Gasteiger partial charge in [-0.3, -0.25) is 4.55 Å². The normalized spacial score (nSPS) is 13.2. The predicted octanol–water partition coefficient (Wildman–Crippen LogP) is 4.44. The summed E-state index contributed by atoms with van der Waals surface area (Å²) in [5, 5.41) is 0. The van der Waals surface area contributed by atoms with Gasteiger partial charge in [-0.05, 0) is 56.9 Å². The molecule has 6 heteroatoms. The highest BCUT2D eigenvalue weighted by Gasteiger charge is 2.19. The number of carbonyl (C=O) groups excluding carboxylic acids is 1. The van der Waals surface area contributed by atoms with Crippen molar-refractivity contribution in [2.45, 2.75) is 45.1 Å². The van der Waals surface area contributed by atoms with E-state index in [4.69, 9.17) is 9.29 Å². The molecule has 0 aliphatic heterocycles. The van der Waals surface area contributed by atoms with Crippen molar-refractivity contribution >= 4 is 16.1 Å². The van der Waals surface area contributed by atoms with Crippen molar-refractivity contribution in [3.63, 3.8) is 0 Å². The summed E-state index contributed by atoms with van der Waals surface area (Å²) in [7, 11) is -3.98. The molecule has 5 nitrogen and oxygen atoms in total. The van der Waals surface area contributed by atoms with Crippen LogP contribution in [0.15, 0.2) is 54.6 Å². The summed E-state index contributed by atoms with van der Waals surface area (Å²) in [6.45, 7) is 5.46. The van der Waals surface area contributed by atoms with E-state index in [0.29, 0.717) is 18.4 Å². The van der Waals surface area contributed by atoms with Crippen LogP contribution in [0.4, 0.5) is 0 Å². The second-order valence-corrected chi connectivity index (χ2v) is 9.09. The van der Waals surface area contributed by atoms with Gasteiger partial charge in [0.2, 0.25) is 0 Å². The maximum absolute atomic E-state index is 12.2. The van der Waals surface area contributed by atoms with Gasteiger partial charge in [0.1, 0.15) is 5.60 Å². The minimum atomic E-state index is -3.98. The summed E-state index contributed by atoms with van der Waals surface area (Å²) in [6, 6.07) is 16.9. The van der Waals surface area contributed by atoms with E-state index >= 15 is 0 Å². The van der Waals surface area contributed by atoms with Crippen molar-refractivity contribution in [3.05, 3.63) is 71.3 Å². The molecule has 0 aliphatic rings. The number of rotatable bonds is 7. The molecule has 1 atom stereocenters. The van der Waals surface area contributed by atoms with Crippen LogP contribution in [0, 0.1) is 0 Å². The Balaban J connectivity index is 2.21. The molecule has 146 valence electrons. The van der Waals surface area contributed by atoms with E-state index in [1.54, 1.807) is 12.1 Å². The summed E-state index contributed by atoms with van der Waals surface area (Å²) >= 11 is 0. The molecule has 0 aromatic heterocycles. The van der Waals surface area contributed by atoms with Gasteiger partial charge in [-0.25, -0.2) is 4.79 Å². The van der Waals surface area contributed by atoms with Gasteiger partial charge in [0.25, 0.3) is 10.1 Å². The van der Waals surface area contributed by atoms with Crippen LogP contribution in [0.5, 0.6) is 0 Å². The average Bonchev–Trinajstić information content (AvgIpc) is 2.57. The third kappa shape index (κ3) is 7.15. The first kappa shape index (κ1) is 21.1. The van der Waals surface area contributed by atoms with Crippen LogP contribution in [-0.2, 0) is 14.9 Å². The molecule has 0 fully saturated rings. The lowest BCUT2D eigenvalue weighted by Gasteiger charge is -2.20. The molecule has 27 heavy (non-hydrogen) atoms. The predicted molar refractivity (Wildman–Crippen MR) is 106 cm³/mol. The first-order valence-electron chi connectivity index (χ1n) is 8.88. The van der Waals surface area contributed by atoms with E-state index in [0.717, 1.165) is 11.1 Å². The van der Waals surface area contributed by atoms with Crippen LogP contribution in [0.3, 0.4) is 0 Å². The van der Waals surface area contributed by atoms with Crippen LogP contribution in [0.2, 0.25) is 0 Å².